The summed E-state index contributed by atoms with van der Waals surface area (Å²) in [5.41, 5.74) is 4.41. The van der Waals surface area contributed by atoms with Crippen LogP contribution in [-0.4, -0.2) is 42.0 Å². The Kier molecular flexibility index (Phi) is 6.33. The summed E-state index contributed by atoms with van der Waals surface area (Å²) in [6, 6.07) is 18.2. The maximum Gasteiger partial charge on any atom is 0.255 e. The molecule has 168 valence electrons. The number of fused-ring (bicyclic) bond motifs is 1. The largest absolute Gasteiger partial charge is 0.436 e. The van der Waals surface area contributed by atoms with Crippen LogP contribution in [0.3, 0.4) is 0 Å². The first-order valence-corrected chi connectivity index (χ1v) is 11.5. The van der Waals surface area contributed by atoms with Crippen LogP contribution in [0.1, 0.15) is 15.9 Å². The van der Waals surface area contributed by atoms with E-state index in [1.54, 1.807) is 18.2 Å². The summed E-state index contributed by atoms with van der Waals surface area (Å²) in [6.45, 7) is 4.81. The van der Waals surface area contributed by atoms with Gasteiger partial charge < -0.3 is 15.1 Å². The molecule has 6 nitrogen and oxygen atoms in total. The van der Waals surface area contributed by atoms with E-state index in [1.165, 1.54) is 0 Å². The quantitative estimate of drug-likeness (QED) is 0.396. The second-order valence-electron chi connectivity index (χ2n) is 7.94. The third-order valence-corrected chi connectivity index (χ3v) is 6.43. The van der Waals surface area contributed by atoms with Crippen molar-refractivity contribution in [3.05, 3.63) is 81.8 Å². The number of para-hydroxylation sites is 2. The maximum atomic E-state index is 12.8. The molecule has 1 amide bonds. The van der Waals surface area contributed by atoms with Crippen LogP contribution in [-0.2, 0) is 6.54 Å². The second kappa shape index (κ2) is 9.53. The van der Waals surface area contributed by atoms with Crippen molar-refractivity contribution in [3.63, 3.8) is 0 Å². The van der Waals surface area contributed by atoms with Crippen LogP contribution in [0, 0.1) is 0 Å². The zero-order valence-electron chi connectivity index (χ0n) is 17.8. The van der Waals surface area contributed by atoms with Gasteiger partial charge in [-0.2, -0.15) is 0 Å². The molecule has 0 saturated carbocycles. The van der Waals surface area contributed by atoms with Gasteiger partial charge in [-0.3, -0.25) is 9.69 Å². The fourth-order valence-corrected chi connectivity index (χ4v) is 4.27. The minimum absolute atomic E-state index is 0.295. The van der Waals surface area contributed by atoms with Gasteiger partial charge in [-0.05, 0) is 42.0 Å². The van der Waals surface area contributed by atoms with Crippen LogP contribution in [0.2, 0.25) is 10.0 Å². The van der Waals surface area contributed by atoms with Crippen molar-refractivity contribution < 1.29 is 9.21 Å². The minimum Gasteiger partial charge on any atom is -0.436 e. The predicted molar refractivity (Wildman–Crippen MR) is 132 cm³/mol. The van der Waals surface area contributed by atoms with Gasteiger partial charge in [0.2, 0.25) is 5.89 Å². The van der Waals surface area contributed by atoms with Gasteiger partial charge in [0.05, 0.1) is 21.3 Å². The molecule has 4 aromatic rings. The van der Waals surface area contributed by atoms with Crippen molar-refractivity contribution in [2.24, 2.45) is 0 Å². The summed E-state index contributed by atoms with van der Waals surface area (Å²) >= 11 is 12.0. The van der Waals surface area contributed by atoms with Crippen molar-refractivity contribution in [2.75, 3.05) is 31.5 Å². The van der Waals surface area contributed by atoms with Gasteiger partial charge >= 0.3 is 0 Å². The highest BCUT2D eigenvalue weighted by molar-refractivity contribution is 6.42. The highest BCUT2D eigenvalue weighted by Gasteiger charge is 2.18. The Balaban J connectivity index is 1.45. The smallest absolute Gasteiger partial charge is 0.255 e. The number of nitrogens with one attached hydrogen (secondary N) is 2. The number of amides is 1. The van der Waals surface area contributed by atoms with Crippen molar-refractivity contribution in [1.29, 1.82) is 0 Å². The lowest BCUT2D eigenvalue weighted by Crippen LogP contribution is -2.42. The van der Waals surface area contributed by atoms with Crippen molar-refractivity contribution in [1.82, 2.24) is 15.2 Å². The lowest BCUT2D eigenvalue weighted by Gasteiger charge is -2.27. The van der Waals surface area contributed by atoms with Crippen molar-refractivity contribution in [2.45, 2.75) is 6.54 Å². The first-order valence-electron chi connectivity index (χ1n) is 10.8. The lowest BCUT2D eigenvalue weighted by atomic mass is 10.1. The maximum absolute atomic E-state index is 12.8. The first kappa shape index (κ1) is 21.9. The standard InChI is InChI=1S/C25H22Cl2N4O2/c26-19-9-8-16(14-20(19)27)24(32)29-21-6-2-1-5-18(21)25-30-23-17(4-3-7-22(23)33-25)15-31-12-10-28-11-13-31/h1-9,14,28H,10-13,15H2,(H,29,32). The number of anilines is 1. The fraction of sp³-hybridized carbons (Fsp3) is 0.200. The van der Waals surface area contributed by atoms with E-state index in [0.29, 0.717) is 32.8 Å². The molecule has 8 heteroatoms. The van der Waals surface area contributed by atoms with Gasteiger partial charge in [0, 0.05) is 38.3 Å². The number of rotatable bonds is 5. The van der Waals surface area contributed by atoms with Crippen LogP contribution in [0.15, 0.2) is 65.1 Å². The predicted octanol–water partition coefficient (Wildman–Crippen LogP) is 5.46. The van der Waals surface area contributed by atoms with Gasteiger partial charge in [0.15, 0.2) is 5.58 Å². The topological polar surface area (TPSA) is 70.4 Å². The zero-order chi connectivity index (χ0) is 22.8. The van der Waals surface area contributed by atoms with Gasteiger partial charge in [0.25, 0.3) is 5.91 Å². The van der Waals surface area contributed by atoms with E-state index in [-0.39, 0.29) is 5.91 Å². The number of hydrogen-bond acceptors (Lipinski definition) is 5. The second-order valence-corrected chi connectivity index (χ2v) is 8.75. The third kappa shape index (κ3) is 4.75. The fourth-order valence-electron chi connectivity index (χ4n) is 3.97. The Morgan fingerprint density at radius 3 is 2.67 bits per heavy atom. The number of piperazine rings is 1. The van der Waals surface area contributed by atoms with E-state index in [9.17, 15) is 4.79 Å². The van der Waals surface area contributed by atoms with E-state index in [1.807, 2.05) is 36.4 Å². The molecule has 1 aromatic heterocycles. The van der Waals surface area contributed by atoms with Gasteiger partial charge in [-0.25, -0.2) is 4.98 Å². The highest BCUT2D eigenvalue weighted by atomic mass is 35.5. The molecule has 1 fully saturated rings. The Bertz CT molecular complexity index is 1320. The Hall–Kier alpha value is -2.90. The molecule has 0 unspecified atom stereocenters. The Morgan fingerprint density at radius 2 is 1.85 bits per heavy atom. The number of benzene rings is 3. The zero-order valence-corrected chi connectivity index (χ0v) is 19.3. The number of halogens is 2. The number of aromatic nitrogens is 1. The number of hydrogen-bond donors (Lipinski definition) is 2. The molecule has 1 aliphatic heterocycles. The molecule has 0 bridgehead atoms. The summed E-state index contributed by atoms with van der Waals surface area (Å²) < 4.78 is 6.11. The third-order valence-electron chi connectivity index (χ3n) is 5.69. The van der Waals surface area contributed by atoms with Gasteiger partial charge in [-0.15, -0.1) is 0 Å². The number of nitrogens with zero attached hydrogens (tertiary/aromatic N) is 2. The SMILES string of the molecule is O=C(Nc1ccccc1-c1nc2c(CN3CCNCC3)cccc2o1)c1ccc(Cl)c(Cl)c1. The van der Waals surface area contributed by atoms with E-state index < -0.39 is 0 Å². The monoisotopic (exact) mass is 480 g/mol. The van der Waals surface area contributed by atoms with Crippen molar-refractivity contribution in [3.8, 4) is 11.5 Å². The summed E-state index contributed by atoms with van der Waals surface area (Å²) in [5.74, 6) is 0.166. The first-order chi connectivity index (χ1) is 16.1. The Labute approximate surface area is 201 Å². The van der Waals surface area contributed by atoms with Crippen LogP contribution < -0.4 is 10.6 Å². The van der Waals surface area contributed by atoms with E-state index >= 15 is 0 Å². The van der Waals surface area contributed by atoms with Gasteiger partial charge in [0.1, 0.15) is 5.52 Å². The molecule has 0 radical (unpaired) electrons. The molecule has 1 saturated heterocycles. The van der Waals surface area contributed by atoms with Crippen LogP contribution in [0.5, 0.6) is 0 Å². The molecule has 3 aromatic carbocycles. The molecule has 1 aliphatic rings. The molecule has 0 atom stereocenters. The average Bonchev–Trinajstić information content (AvgIpc) is 3.27. The molecular formula is C25H22Cl2N4O2. The van der Waals surface area contributed by atoms with Crippen LogP contribution >= 0.6 is 23.2 Å². The van der Waals surface area contributed by atoms with E-state index in [2.05, 4.69) is 21.6 Å². The van der Waals surface area contributed by atoms with Gasteiger partial charge in [-0.1, -0.05) is 47.5 Å². The average molecular weight is 481 g/mol. The molecular weight excluding hydrogens is 459 g/mol. The Morgan fingerprint density at radius 1 is 1.03 bits per heavy atom. The summed E-state index contributed by atoms with van der Waals surface area (Å²) in [6.07, 6.45) is 0. The van der Waals surface area contributed by atoms with Crippen molar-refractivity contribution >= 4 is 45.9 Å². The number of carbonyl (C=O) groups is 1. The van der Waals surface area contributed by atoms with Crippen LogP contribution in [0.4, 0.5) is 5.69 Å². The minimum atomic E-state index is -0.295. The lowest BCUT2D eigenvalue weighted by molar-refractivity contribution is 0.102. The molecule has 5 rings (SSSR count). The molecule has 0 aliphatic carbocycles. The van der Waals surface area contributed by atoms with E-state index in [4.69, 9.17) is 32.6 Å². The number of oxazole rings is 1. The summed E-state index contributed by atoms with van der Waals surface area (Å²) in [7, 11) is 0. The van der Waals surface area contributed by atoms with Crippen LogP contribution in [0.25, 0.3) is 22.6 Å². The summed E-state index contributed by atoms with van der Waals surface area (Å²) in [5, 5.41) is 7.05. The molecule has 2 N–H and O–H groups in total. The van der Waals surface area contributed by atoms with E-state index in [0.717, 1.165) is 49.4 Å². The number of carbonyl (C=O) groups excluding carboxylic acids is 1. The normalized spacial score (nSPS) is 14.5. The summed E-state index contributed by atoms with van der Waals surface area (Å²) in [4.78, 5) is 20.1. The molecule has 33 heavy (non-hydrogen) atoms. The molecule has 2 heterocycles. The molecule has 0 spiro atoms. The highest BCUT2D eigenvalue weighted by Crippen LogP contribution is 2.32.